The van der Waals surface area contributed by atoms with Gasteiger partial charge in [0, 0.05) is 29.1 Å². The molecule has 0 aliphatic heterocycles. The zero-order chi connectivity index (χ0) is 22.1. The van der Waals surface area contributed by atoms with Crippen molar-refractivity contribution in [2.24, 2.45) is 0 Å². The van der Waals surface area contributed by atoms with E-state index in [1.54, 1.807) is 24.3 Å². The van der Waals surface area contributed by atoms with Crippen molar-refractivity contribution in [3.8, 4) is 11.1 Å². The molecule has 2 heterocycles. The van der Waals surface area contributed by atoms with E-state index in [9.17, 15) is 14.9 Å². The highest BCUT2D eigenvalue weighted by molar-refractivity contribution is 6.33. The van der Waals surface area contributed by atoms with Gasteiger partial charge in [-0.05, 0) is 36.8 Å². The van der Waals surface area contributed by atoms with E-state index < -0.39 is 11.0 Å². The highest BCUT2D eigenvalue weighted by Gasteiger charge is 2.15. The summed E-state index contributed by atoms with van der Waals surface area (Å²) in [6.45, 7) is 1.83. The summed E-state index contributed by atoms with van der Waals surface area (Å²) in [5.74, 6) is 0.243. The molecule has 0 bridgehead atoms. The molecule has 0 aliphatic carbocycles. The lowest BCUT2D eigenvalue weighted by Gasteiger charge is -2.10. The maximum Gasteiger partial charge on any atom is 0.323 e. The summed E-state index contributed by atoms with van der Waals surface area (Å²) in [5, 5.41) is 20.6. The average molecular weight is 439 g/mol. The number of anilines is 3. The van der Waals surface area contributed by atoms with E-state index in [1.807, 2.05) is 13.0 Å². The number of carbonyl (C=O) groups excluding carboxylic acids is 1. The second-order valence-electron chi connectivity index (χ2n) is 6.64. The smallest absolute Gasteiger partial charge is 0.323 e. The fourth-order valence-corrected chi connectivity index (χ4v) is 3.23. The first-order valence-corrected chi connectivity index (χ1v) is 9.34. The van der Waals surface area contributed by atoms with E-state index in [0.29, 0.717) is 16.8 Å². The molecule has 2 aromatic carbocycles. The summed E-state index contributed by atoms with van der Waals surface area (Å²) in [5.41, 5.74) is 9.09. The number of amides is 2. The van der Waals surface area contributed by atoms with Gasteiger partial charge in [0.1, 0.15) is 0 Å². The molecule has 156 valence electrons. The van der Waals surface area contributed by atoms with Gasteiger partial charge in [-0.3, -0.25) is 10.1 Å². The predicted molar refractivity (Wildman–Crippen MR) is 117 cm³/mol. The van der Waals surface area contributed by atoms with E-state index in [0.717, 1.165) is 16.8 Å². The molecule has 2 aromatic heterocycles. The number of rotatable bonds is 4. The molecule has 0 radical (unpaired) electrons. The predicted octanol–water partition coefficient (Wildman–Crippen LogP) is 4.99. The van der Waals surface area contributed by atoms with Crippen molar-refractivity contribution < 1.29 is 14.2 Å². The molecule has 0 unspecified atom stereocenters. The molecule has 0 fully saturated rings. The molecule has 31 heavy (non-hydrogen) atoms. The van der Waals surface area contributed by atoms with Crippen LogP contribution < -0.4 is 16.4 Å². The van der Waals surface area contributed by atoms with Crippen molar-refractivity contribution in [1.29, 1.82) is 0 Å². The van der Waals surface area contributed by atoms with Gasteiger partial charge in [0.15, 0.2) is 5.82 Å². The summed E-state index contributed by atoms with van der Waals surface area (Å²) >= 11 is 6.01. The number of nitrogens with two attached hydrogens (primary N) is 1. The van der Waals surface area contributed by atoms with Crippen LogP contribution in [-0.2, 0) is 0 Å². The number of aromatic nitrogens is 2. The number of nitro groups is 1. The Kier molecular flexibility index (Phi) is 5.14. The molecule has 2 amide bonds. The molecule has 0 aliphatic rings. The number of urea groups is 1. The van der Waals surface area contributed by atoms with Crippen LogP contribution in [0.25, 0.3) is 22.2 Å². The number of benzene rings is 2. The quantitative estimate of drug-likeness (QED) is 0.300. The van der Waals surface area contributed by atoms with Gasteiger partial charge in [0.05, 0.1) is 21.0 Å². The SMILES string of the molecule is Cc1cc(-c2ccc(NC(=O)Nc3cc([N+](=O)[O-])ccc3Cl)cc2)c2c(N)noc2n1. The third-order valence-corrected chi connectivity index (χ3v) is 4.79. The van der Waals surface area contributed by atoms with E-state index >= 15 is 0 Å². The van der Waals surface area contributed by atoms with E-state index in [4.69, 9.17) is 21.9 Å². The highest BCUT2D eigenvalue weighted by Crippen LogP contribution is 2.33. The Hall–Kier alpha value is -4.18. The second kappa shape index (κ2) is 7.92. The highest BCUT2D eigenvalue weighted by atomic mass is 35.5. The fraction of sp³-hybridized carbons (Fsp3) is 0.0500. The van der Waals surface area contributed by atoms with Gasteiger partial charge in [-0.2, -0.15) is 0 Å². The van der Waals surface area contributed by atoms with Crippen LogP contribution in [0.1, 0.15) is 5.69 Å². The number of nitrogens with zero attached hydrogens (tertiary/aromatic N) is 3. The number of carbonyl (C=O) groups is 1. The molecular weight excluding hydrogens is 424 g/mol. The van der Waals surface area contributed by atoms with E-state index in [-0.39, 0.29) is 22.2 Å². The lowest BCUT2D eigenvalue weighted by atomic mass is 10.0. The topological polar surface area (TPSA) is 149 Å². The van der Waals surface area contributed by atoms with Crippen molar-refractivity contribution in [1.82, 2.24) is 10.1 Å². The third-order valence-electron chi connectivity index (χ3n) is 4.46. The Morgan fingerprint density at radius 3 is 2.61 bits per heavy atom. The largest absolute Gasteiger partial charge is 0.380 e. The number of pyridine rings is 1. The molecule has 4 aromatic rings. The van der Waals surface area contributed by atoms with E-state index in [1.165, 1.54) is 18.2 Å². The Balaban J connectivity index is 1.54. The van der Waals surface area contributed by atoms with Gasteiger partial charge in [0.2, 0.25) is 0 Å². The number of non-ortho nitro benzene ring substituents is 1. The van der Waals surface area contributed by atoms with Crippen LogP contribution in [0.15, 0.2) is 53.1 Å². The summed E-state index contributed by atoms with van der Waals surface area (Å²) in [6.07, 6.45) is 0. The first kappa shape index (κ1) is 20.1. The lowest BCUT2D eigenvalue weighted by Crippen LogP contribution is -2.19. The molecule has 4 N–H and O–H groups in total. The Morgan fingerprint density at radius 1 is 1.16 bits per heavy atom. The van der Waals surface area contributed by atoms with Gasteiger partial charge in [0.25, 0.3) is 11.4 Å². The zero-order valence-electron chi connectivity index (χ0n) is 16.0. The summed E-state index contributed by atoms with van der Waals surface area (Å²) in [6, 6.07) is 12.1. The van der Waals surface area contributed by atoms with Gasteiger partial charge >= 0.3 is 6.03 Å². The number of nitrogens with one attached hydrogen (secondary N) is 2. The van der Waals surface area contributed by atoms with Crippen LogP contribution in [0, 0.1) is 17.0 Å². The normalized spacial score (nSPS) is 10.8. The van der Waals surface area contributed by atoms with Gasteiger partial charge in [-0.15, -0.1) is 0 Å². The molecular formula is C20H15ClN6O4. The van der Waals surface area contributed by atoms with Crippen molar-refractivity contribution in [3.05, 3.63) is 69.4 Å². The molecule has 0 saturated carbocycles. The maximum atomic E-state index is 12.3. The van der Waals surface area contributed by atoms with Crippen molar-refractivity contribution in [2.75, 3.05) is 16.4 Å². The van der Waals surface area contributed by atoms with Crippen molar-refractivity contribution in [2.45, 2.75) is 6.92 Å². The molecule has 4 rings (SSSR count). The summed E-state index contributed by atoms with van der Waals surface area (Å²) in [7, 11) is 0. The molecule has 0 saturated heterocycles. The Morgan fingerprint density at radius 2 is 1.90 bits per heavy atom. The number of hydrogen-bond acceptors (Lipinski definition) is 7. The maximum absolute atomic E-state index is 12.3. The lowest BCUT2D eigenvalue weighted by molar-refractivity contribution is -0.384. The number of aryl methyl sites for hydroxylation is 1. The third kappa shape index (κ3) is 4.09. The molecule has 0 spiro atoms. The average Bonchev–Trinajstić information content (AvgIpc) is 3.10. The van der Waals surface area contributed by atoms with Crippen LogP contribution in [0.5, 0.6) is 0 Å². The van der Waals surface area contributed by atoms with Crippen LogP contribution in [-0.4, -0.2) is 21.1 Å². The molecule has 11 heteroatoms. The van der Waals surface area contributed by atoms with Crippen molar-refractivity contribution >= 4 is 51.6 Å². The number of nitrogen functional groups attached to an aromatic ring is 1. The van der Waals surface area contributed by atoms with Crippen LogP contribution in [0.4, 0.5) is 27.7 Å². The summed E-state index contributed by atoms with van der Waals surface area (Å²) in [4.78, 5) is 26.9. The molecule has 10 nitrogen and oxygen atoms in total. The Bertz CT molecular complexity index is 1320. The van der Waals surface area contributed by atoms with Crippen molar-refractivity contribution in [3.63, 3.8) is 0 Å². The molecule has 0 atom stereocenters. The monoisotopic (exact) mass is 438 g/mol. The van der Waals surface area contributed by atoms with E-state index in [2.05, 4.69) is 20.8 Å². The minimum absolute atomic E-state index is 0.127. The van der Waals surface area contributed by atoms with Crippen LogP contribution in [0.2, 0.25) is 5.02 Å². The number of nitro benzene ring substituents is 1. The Labute approximate surface area is 180 Å². The summed E-state index contributed by atoms with van der Waals surface area (Å²) < 4.78 is 5.15. The number of halogens is 1. The first-order valence-electron chi connectivity index (χ1n) is 8.96. The minimum atomic E-state index is -0.597. The minimum Gasteiger partial charge on any atom is -0.380 e. The first-order chi connectivity index (χ1) is 14.8. The standard InChI is InChI=1S/C20H15ClN6O4/c1-10-8-14(17-18(22)26-31-19(17)23-10)11-2-4-12(5-3-11)24-20(28)25-16-9-13(27(29)30)6-7-15(16)21/h2-9H,1H3,(H2,22,26)(H2,24,25,28). The zero-order valence-corrected chi connectivity index (χ0v) is 16.8. The van der Waals surface area contributed by atoms with Gasteiger partial charge in [-0.1, -0.05) is 28.9 Å². The number of fused-ring (bicyclic) bond motifs is 1. The van der Waals surface area contributed by atoms with Gasteiger partial charge < -0.3 is 20.9 Å². The van der Waals surface area contributed by atoms with Crippen LogP contribution >= 0.6 is 11.6 Å². The van der Waals surface area contributed by atoms with Gasteiger partial charge in [-0.25, -0.2) is 9.78 Å². The fourth-order valence-electron chi connectivity index (χ4n) is 3.06. The second-order valence-corrected chi connectivity index (χ2v) is 7.04. The van der Waals surface area contributed by atoms with Crippen LogP contribution in [0.3, 0.4) is 0 Å². The number of hydrogen-bond donors (Lipinski definition) is 3.